The second-order valence-electron chi connectivity index (χ2n) is 5.90. The number of benzene rings is 2. The van der Waals surface area contributed by atoms with Crippen molar-refractivity contribution < 1.29 is 12.8 Å². The third-order valence-electron chi connectivity index (χ3n) is 4.09. The zero-order valence-electron chi connectivity index (χ0n) is 13.4. The van der Waals surface area contributed by atoms with Crippen LogP contribution in [0.2, 0.25) is 0 Å². The van der Waals surface area contributed by atoms with E-state index >= 15 is 0 Å². The Labute approximate surface area is 141 Å². The lowest BCUT2D eigenvalue weighted by Gasteiger charge is -2.34. The molecule has 24 heavy (non-hydrogen) atoms. The SMILES string of the molecule is CN1CCN(c2ccc(NS(=O)(=O)c3cccc(F)c3)cc2)CC1. The largest absolute Gasteiger partial charge is 0.369 e. The van der Waals surface area contributed by atoms with Gasteiger partial charge in [0.2, 0.25) is 0 Å². The lowest BCUT2D eigenvalue weighted by atomic mass is 10.2. The molecule has 1 heterocycles. The van der Waals surface area contributed by atoms with Gasteiger partial charge in [-0.25, -0.2) is 12.8 Å². The van der Waals surface area contributed by atoms with Crippen LogP contribution in [0.4, 0.5) is 15.8 Å². The van der Waals surface area contributed by atoms with E-state index in [-0.39, 0.29) is 4.90 Å². The minimum absolute atomic E-state index is 0.0920. The van der Waals surface area contributed by atoms with E-state index in [0.717, 1.165) is 37.9 Å². The molecule has 0 amide bonds. The van der Waals surface area contributed by atoms with E-state index < -0.39 is 15.8 Å². The van der Waals surface area contributed by atoms with Gasteiger partial charge in [-0.1, -0.05) is 6.07 Å². The monoisotopic (exact) mass is 349 g/mol. The Morgan fingerprint density at radius 2 is 1.67 bits per heavy atom. The van der Waals surface area contributed by atoms with Gasteiger partial charge in [-0.3, -0.25) is 4.72 Å². The minimum atomic E-state index is -3.79. The smallest absolute Gasteiger partial charge is 0.261 e. The lowest BCUT2D eigenvalue weighted by Crippen LogP contribution is -2.44. The predicted octanol–water partition coefficient (Wildman–Crippen LogP) is 2.38. The fourth-order valence-electron chi connectivity index (χ4n) is 2.65. The van der Waals surface area contributed by atoms with Crippen LogP contribution in [0.15, 0.2) is 53.4 Å². The molecule has 1 aliphatic rings. The normalized spacial score (nSPS) is 16.2. The maximum atomic E-state index is 13.2. The van der Waals surface area contributed by atoms with E-state index in [9.17, 15) is 12.8 Å². The molecule has 0 atom stereocenters. The summed E-state index contributed by atoms with van der Waals surface area (Å²) in [5, 5.41) is 0. The molecule has 5 nitrogen and oxygen atoms in total. The molecule has 1 saturated heterocycles. The zero-order chi connectivity index (χ0) is 17.2. The van der Waals surface area contributed by atoms with E-state index in [1.165, 1.54) is 18.2 Å². The Balaban J connectivity index is 1.72. The molecule has 3 rings (SSSR count). The molecule has 0 radical (unpaired) electrons. The van der Waals surface area contributed by atoms with Crippen LogP contribution in [0.25, 0.3) is 0 Å². The van der Waals surface area contributed by atoms with E-state index in [1.54, 1.807) is 12.1 Å². The second-order valence-corrected chi connectivity index (χ2v) is 7.58. The van der Waals surface area contributed by atoms with E-state index in [0.29, 0.717) is 5.69 Å². The number of nitrogens with one attached hydrogen (secondary N) is 1. The van der Waals surface area contributed by atoms with Crippen molar-refractivity contribution in [2.24, 2.45) is 0 Å². The number of sulfonamides is 1. The van der Waals surface area contributed by atoms with Crippen molar-refractivity contribution in [3.8, 4) is 0 Å². The summed E-state index contributed by atoms with van der Waals surface area (Å²) in [5.41, 5.74) is 1.52. The van der Waals surface area contributed by atoms with Gasteiger partial charge in [-0.2, -0.15) is 0 Å². The predicted molar refractivity (Wildman–Crippen MR) is 93.4 cm³/mol. The van der Waals surface area contributed by atoms with E-state index in [4.69, 9.17) is 0 Å². The highest BCUT2D eigenvalue weighted by atomic mass is 32.2. The molecular formula is C17H20FN3O2S. The van der Waals surface area contributed by atoms with Crippen molar-refractivity contribution >= 4 is 21.4 Å². The Morgan fingerprint density at radius 1 is 1.00 bits per heavy atom. The molecule has 128 valence electrons. The van der Waals surface area contributed by atoms with E-state index in [1.807, 2.05) is 12.1 Å². The third kappa shape index (κ3) is 3.85. The summed E-state index contributed by atoms with van der Waals surface area (Å²) < 4.78 is 40.3. The zero-order valence-corrected chi connectivity index (χ0v) is 14.3. The molecule has 0 aromatic heterocycles. The van der Waals surface area contributed by atoms with Crippen molar-refractivity contribution in [3.05, 3.63) is 54.3 Å². The molecular weight excluding hydrogens is 329 g/mol. The Kier molecular flexibility index (Phi) is 4.73. The Morgan fingerprint density at radius 3 is 2.29 bits per heavy atom. The first kappa shape index (κ1) is 16.7. The fraction of sp³-hybridized carbons (Fsp3) is 0.294. The molecule has 0 unspecified atom stereocenters. The van der Waals surface area contributed by atoms with Crippen LogP contribution in [0.5, 0.6) is 0 Å². The van der Waals surface area contributed by atoms with Crippen LogP contribution >= 0.6 is 0 Å². The maximum Gasteiger partial charge on any atom is 0.261 e. The highest BCUT2D eigenvalue weighted by Crippen LogP contribution is 2.22. The van der Waals surface area contributed by atoms with Gasteiger partial charge in [0, 0.05) is 37.6 Å². The molecule has 0 bridgehead atoms. The van der Waals surface area contributed by atoms with Crippen LogP contribution in [-0.2, 0) is 10.0 Å². The van der Waals surface area contributed by atoms with Crippen molar-refractivity contribution in [3.63, 3.8) is 0 Å². The first-order valence-corrected chi connectivity index (χ1v) is 9.24. The van der Waals surface area contributed by atoms with Crippen molar-refractivity contribution in [2.45, 2.75) is 4.90 Å². The fourth-order valence-corrected chi connectivity index (χ4v) is 3.74. The number of hydrogen-bond donors (Lipinski definition) is 1. The summed E-state index contributed by atoms with van der Waals surface area (Å²) in [7, 11) is -1.69. The molecule has 1 N–H and O–H groups in total. The van der Waals surface area contributed by atoms with Crippen molar-refractivity contribution in [1.82, 2.24) is 4.90 Å². The summed E-state index contributed by atoms with van der Waals surface area (Å²) in [6, 6.07) is 12.2. The summed E-state index contributed by atoms with van der Waals surface area (Å²) in [6.07, 6.45) is 0. The van der Waals surface area contributed by atoms with Gasteiger partial charge in [-0.05, 0) is 49.5 Å². The van der Waals surface area contributed by atoms with Gasteiger partial charge in [0.05, 0.1) is 4.90 Å². The number of likely N-dealkylation sites (N-methyl/N-ethyl adjacent to an activating group) is 1. The number of rotatable bonds is 4. The summed E-state index contributed by atoms with van der Waals surface area (Å²) in [4.78, 5) is 4.45. The van der Waals surface area contributed by atoms with Gasteiger partial charge < -0.3 is 9.80 Å². The lowest BCUT2D eigenvalue weighted by molar-refractivity contribution is 0.313. The molecule has 1 fully saturated rings. The molecule has 0 aliphatic carbocycles. The third-order valence-corrected chi connectivity index (χ3v) is 5.47. The van der Waals surface area contributed by atoms with Crippen LogP contribution in [0, 0.1) is 5.82 Å². The van der Waals surface area contributed by atoms with Crippen LogP contribution in [-0.4, -0.2) is 46.5 Å². The minimum Gasteiger partial charge on any atom is -0.369 e. The molecule has 1 aliphatic heterocycles. The number of nitrogens with zero attached hydrogens (tertiary/aromatic N) is 2. The van der Waals surface area contributed by atoms with Crippen molar-refractivity contribution in [1.29, 1.82) is 0 Å². The highest BCUT2D eigenvalue weighted by Gasteiger charge is 2.16. The topological polar surface area (TPSA) is 52.6 Å². The first-order chi connectivity index (χ1) is 11.4. The first-order valence-electron chi connectivity index (χ1n) is 7.76. The van der Waals surface area contributed by atoms with Gasteiger partial charge in [-0.15, -0.1) is 0 Å². The van der Waals surface area contributed by atoms with E-state index in [2.05, 4.69) is 21.6 Å². The van der Waals surface area contributed by atoms with Gasteiger partial charge in [0.1, 0.15) is 5.82 Å². The number of anilines is 2. The van der Waals surface area contributed by atoms with Crippen molar-refractivity contribution in [2.75, 3.05) is 42.8 Å². The number of piperazine rings is 1. The number of halogens is 1. The molecule has 0 spiro atoms. The molecule has 2 aromatic rings. The van der Waals surface area contributed by atoms with Crippen LogP contribution in [0.1, 0.15) is 0 Å². The van der Waals surface area contributed by atoms with Gasteiger partial charge in [0.25, 0.3) is 10.0 Å². The van der Waals surface area contributed by atoms with Crippen LogP contribution in [0.3, 0.4) is 0 Å². The van der Waals surface area contributed by atoms with Gasteiger partial charge >= 0.3 is 0 Å². The Hall–Kier alpha value is -2.12. The molecule has 0 saturated carbocycles. The summed E-state index contributed by atoms with van der Waals surface area (Å²) in [6.45, 7) is 3.91. The second kappa shape index (κ2) is 6.78. The standard InChI is InChI=1S/C17H20FN3O2S/c1-20-9-11-21(12-10-20)16-7-5-15(6-8-16)19-24(22,23)17-4-2-3-14(18)13-17/h2-8,13,19H,9-12H2,1H3. The summed E-state index contributed by atoms with van der Waals surface area (Å²) in [5.74, 6) is -0.580. The average molecular weight is 349 g/mol. The number of hydrogen-bond acceptors (Lipinski definition) is 4. The summed E-state index contributed by atoms with van der Waals surface area (Å²) >= 11 is 0. The maximum absolute atomic E-state index is 13.2. The van der Waals surface area contributed by atoms with Gasteiger partial charge in [0.15, 0.2) is 0 Å². The Bertz CT molecular complexity index is 801. The quantitative estimate of drug-likeness (QED) is 0.921. The molecule has 2 aromatic carbocycles. The average Bonchev–Trinajstić information content (AvgIpc) is 2.56. The highest BCUT2D eigenvalue weighted by molar-refractivity contribution is 7.92. The molecule has 7 heteroatoms. The van der Waals surface area contributed by atoms with Crippen LogP contribution < -0.4 is 9.62 Å².